The summed E-state index contributed by atoms with van der Waals surface area (Å²) in [6.07, 6.45) is 2.02. The molecule has 2 N–H and O–H groups in total. The molecular weight excluding hydrogens is 666 g/mol. The summed E-state index contributed by atoms with van der Waals surface area (Å²) in [7, 11) is -3.81. The van der Waals surface area contributed by atoms with Crippen LogP contribution in [0.5, 0.6) is 17.4 Å². The Hall–Kier alpha value is -4.97. The number of aromatic hydroxyl groups is 2. The number of phenolic OH excluding ortho intramolecular Hbond substituents is 1. The zero-order valence-electron chi connectivity index (χ0n) is 27.7. The lowest BCUT2D eigenvalue weighted by atomic mass is 10.00. The second-order valence-corrected chi connectivity index (χ2v) is 14.1. The topological polar surface area (TPSA) is 144 Å². The number of hydrogen-bond acceptors (Lipinski definition) is 10. The van der Waals surface area contributed by atoms with Gasteiger partial charge >= 0.3 is 13.6 Å². The standard InChI is InChI=1S/C36H38FN4O8P/c1-3-47-36(45)24(2)48-50(46,49-27-8-5-4-6-9-27)21-20-39-16-18-40(19-17-39)34(43)30-28-10-7-15-38-32(28)33(42)31-29(30)23-41(35(31)44)22-25-11-13-26(37)14-12-25/h4-15,23-24,42,44H,3,16-22H2,1-2H3/t24-,50?/m0/s1. The molecule has 2 aromatic heterocycles. The summed E-state index contributed by atoms with van der Waals surface area (Å²) in [6.45, 7) is 5.40. The van der Waals surface area contributed by atoms with Crippen LogP contribution in [0.15, 0.2) is 79.1 Å². The van der Waals surface area contributed by atoms with Gasteiger partial charge in [0.2, 0.25) is 5.88 Å². The third-order valence-corrected chi connectivity index (χ3v) is 10.5. The van der Waals surface area contributed by atoms with Gasteiger partial charge in [0, 0.05) is 55.9 Å². The van der Waals surface area contributed by atoms with Crippen molar-refractivity contribution < 1.29 is 42.5 Å². The summed E-state index contributed by atoms with van der Waals surface area (Å²) >= 11 is 0. The Kier molecular flexibility index (Phi) is 10.4. The number of phenols is 1. The summed E-state index contributed by atoms with van der Waals surface area (Å²) < 4.78 is 45.5. The van der Waals surface area contributed by atoms with Gasteiger partial charge in [0.05, 0.1) is 30.3 Å². The van der Waals surface area contributed by atoms with E-state index in [-0.39, 0.29) is 53.6 Å². The highest BCUT2D eigenvalue weighted by atomic mass is 31.2. The molecule has 262 valence electrons. The Morgan fingerprint density at radius 1 is 0.980 bits per heavy atom. The van der Waals surface area contributed by atoms with Crippen LogP contribution in [0.25, 0.3) is 21.7 Å². The maximum atomic E-state index is 14.3. The van der Waals surface area contributed by atoms with Crippen molar-refractivity contribution in [1.29, 1.82) is 0 Å². The van der Waals surface area contributed by atoms with Gasteiger partial charge < -0.3 is 28.9 Å². The van der Waals surface area contributed by atoms with Gasteiger partial charge in [0.1, 0.15) is 17.1 Å². The number of carbonyl (C=O) groups is 2. The monoisotopic (exact) mass is 704 g/mol. The van der Waals surface area contributed by atoms with Gasteiger partial charge in [-0.15, -0.1) is 0 Å². The molecule has 50 heavy (non-hydrogen) atoms. The molecule has 12 nitrogen and oxygen atoms in total. The minimum Gasteiger partial charge on any atom is -0.505 e. The second kappa shape index (κ2) is 14.9. The van der Waals surface area contributed by atoms with E-state index in [1.54, 1.807) is 72.6 Å². The Morgan fingerprint density at radius 2 is 1.70 bits per heavy atom. The summed E-state index contributed by atoms with van der Waals surface area (Å²) in [6, 6.07) is 17.8. The SMILES string of the molecule is CCOC(=O)[C@H](C)OP(=O)(CCN1CCN(C(=O)c2c3cccnc3c(O)c3c(O)n(Cc4ccc(F)cc4)cc23)CC1)Oc1ccccc1. The number of aromatic nitrogens is 2. The molecule has 5 aromatic rings. The summed E-state index contributed by atoms with van der Waals surface area (Å²) in [5.41, 5.74) is 1.19. The van der Waals surface area contributed by atoms with Crippen molar-refractivity contribution in [3.05, 3.63) is 96.1 Å². The fourth-order valence-corrected chi connectivity index (χ4v) is 7.85. The van der Waals surface area contributed by atoms with Crippen LogP contribution in [-0.4, -0.2) is 93.0 Å². The zero-order chi connectivity index (χ0) is 35.4. The molecule has 1 aliphatic rings. The minimum atomic E-state index is -3.81. The fourth-order valence-electron chi connectivity index (χ4n) is 6.07. The normalized spacial score (nSPS) is 15.5. The van der Waals surface area contributed by atoms with Crippen molar-refractivity contribution in [1.82, 2.24) is 19.4 Å². The highest BCUT2D eigenvalue weighted by Crippen LogP contribution is 2.49. The van der Waals surface area contributed by atoms with Gasteiger partial charge in [0.15, 0.2) is 11.9 Å². The Bertz CT molecular complexity index is 2050. The largest absolute Gasteiger partial charge is 0.505 e. The van der Waals surface area contributed by atoms with E-state index in [2.05, 4.69) is 4.98 Å². The van der Waals surface area contributed by atoms with E-state index in [1.165, 1.54) is 29.8 Å². The van der Waals surface area contributed by atoms with Crippen LogP contribution in [-0.2, 0) is 25.2 Å². The van der Waals surface area contributed by atoms with E-state index in [1.807, 2.05) is 4.90 Å². The number of para-hydroxylation sites is 1. The molecule has 0 radical (unpaired) electrons. The van der Waals surface area contributed by atoms with Crippen LogP contribution in [0.1, 0.15) is 29.8 Å². The molecule has 2 atom stereocenters. The van der Waals surface area contributed by atoms with E-state index in [4.69, 9.17) is 13.8 Å². The fraction of sp³-hybridized carbons (Fsp3) is 0.306. The summed E-state index contributed by atoms with van der Waals surface area (Å²) in [5.74, 6) is -1.45. The van der Waals surface area contributed by atoms with Crippen molar-refractivity contribution in [3.63, 3.8) is 0 Å². The number of carbonyl (C=O) groups excluding carboxylic acids is 2. The lowest BCUT2D eigenvalue weighted by Gasteiger charge is -2.35. The van der Waals surface area contributed by atoms with E-state index in [9.17, 15) is 28.8 Å². The number of nitrogens with zero attached hydrogens (tertiary/aromatic N) is 4. The first-order chi connectivity index (χ1) is 24.1. The van der Waals surface area contributed by atoms with E-state index in [0.717, 1.165) is 0 Å². The number of piperazine rings is 1. The highest BCUT2D eigenvalue weighted by molar-refractivity contribution is 7.54. The van der Waals surface area contributed by atoms with E-state index < -0.39 is 19.7 Å². The number of benzene rings is 3. The number of ether oxygens (including phenoxy) is 1. The number of fused-ring (bicyclic) bond motifs is 2. The van der Waals surface area contributed by atoms with Gasteiger partial charge in [-0.05, 0) is 49.7 Å². The average molecular weight is 705 g/mol. The molecule has 0 bridgehead atoms. The molecule has 1 unspecified atom stereocenters. The Balaban J connectivity index is 1.20. The number of halogens is 1. The summed E-state index contributed by atoms with van der Waals surface area (Å²) in [4.78, 5) is 34.6. The minimum absolute atomic E-state index is 0.00464. The maximum Gasteiger partial charge on any atom is 0.381 e. The lowest BCUT2D eigenvalue weighted by molar-refractivity contribution is -0.150. The van der Waals surface area contributed by atoms with Gasteiger partial charge in [-0.25, -0.2) is 13.8 Å². The molecule has 1 saturated heterocycles. The van der Waals surface area contributed by atoms with Crippen molar-refractivity contribution in [3.8, 4) is 17.4 Å². The van der Waals surface area contributed by atoms with Crippen molar-refractivity contribution >= 4 is 41.1 Å². The van der Waals surface area contributed by atoms with Crippen LogP contribution in [0.3, 0.4) is 0 Å². The molecule has 6 rings (SSSR count). The Morgan fingerprint density at radius 3 is 2.40 bits per heavy atom. The molecular formula is C36H38FN4O8P. The molecule has 14 heteroatoms. The van der Waals surface area contributed by atoms with Gasteiger partial charge in [-0.1, -0.05) is 36.4 Å². The molecule has 1 aliphatic heterocycles. The van der Waals surface area contributed by atoms with Crippen LogP contribution < -0.4 is 4.52 Å². The first-order valence-corrected chi connectivity index (χ1v) is 18.1. The number of rotatable bonds is 12. The molecule has 1 fully saturated rings. The van der Waals surface area contributed by atoms with Gasteiger partial charge in [-0.2, -0.15) is 0 Å². The van der Waals surface area contributed by atoms with Crippen LogP contribution in [0.4, 0.5) is 4.39 Å². The van der Waals surface area contributed by atoms with Crippen LogP contribution in [0, 0.1) is 5.82 Å². The third-order valence-electron chi connectivity index (χ3n) is 8.61. The van der Waals surface area contributed by atoms with E-state index >= 15 is 0 Å². The molecule has 0 aliphatic carbocycles. The lowest BCUT2D eigenvalue weighted by Crippen LogP contribution is -2.49. The molecule has 1 amide bonds. The molecule has 0 spiro atoms. The second-order valence-electron chi connectivity index (χ2n) is 12.0. The number of amides is 1. The maximum absolute atomic E-state index is 14.3. The van der Waals surface area contributed by atoms with Crippen LogP contribution >= 0.6 is 7.60 Å². The van der Waals surface area contributed by atoms with Crippen LogP contribution in [0.2, 0.25) is 0 Å². The first-order valence-electron chi connectivity index (χ1n) is 16.3. The molecule has 3 aromatic carbocycles. The predicted molar refractivity (Wildman–Crippen MR) is 185 cm³/mol. The number of esters is 1. The highest BCUT2D eigenvalue weighted by Gasteiger charge is 2.34. The van der Waals surface area contributed by atoms with Gasteiger partial charge in [-0.3, -0.25) is 19.2 Å². The average Bonchev–Trinajstić information content (AvgIpc) is 3.44. The first kappa shape index (κ1) is 34.9. The number of pyridine rings is 1. The summed E-state index contributed by atoms with van der Waals surface area (Å²) in [5, 5.41) is 23.3. The quantitative estimate of drug-likeness (QED) is 0.121. The molecule has 0 saturated carbocycles. The zero-order valence-corrected chi connectivity index (χ0v) is 28.6. The third kappa shape index (κ3) is 7.45. The number of hydrogen-bond donors (Lipinski definition) is 2. The predicted octanol–water partition coefficient (Wildman–Crippen LogP) is 5.79. The van der Waals surface area contributed by atoms with Gasteiger partial charge in [0.25, 0.3) is 5.91 Å². The van der Waals surface area contributed by atoms with Crippen molar-refractivity contribution in [2.45, 2.75) is 26.5 Å². The van der Waals surface area contributed by atoms with Crippen molar-refractivity contribution in [2.24, 2.45) is 0 Å². The smallest absolute Gasteiger partial charge is 0.381 e. The molecule has 3 heterocycles. The van der Waals surface area contributed by atoms with Crippen molar-refractivity contribution in [2.75, 3.05) is 45.5 Å². The Labute approximate surface area is 288 Å². The van der Waals surface area contributed by atoms with E-state index in [0.29, 0.717) is 60.4 Å².